The molecule has 0 aromatic heterocycles. The van der Waals surface area contributed by atoms with Gasteiger partial charge >= 0.3 is 6.18 Å². The Bertz CT molecular complexity index is 378. The van der Waals surface area contributed by atoms with E-state index < -0.39 is 31.1 Å². The van der Waals surface area contributed by atoms with Crippen molar-refractivity contribution < 1.29 is 28.1 Å². The normalized spacial score (nSPS) is 11.9. The van der Waals surface area contributed by atoms with Crippen molar-refractivity contribution in [3.63, 3.8) is 0 Å². The number of alkyl halides is 3. The van der Waals surface area contributed by atoms with Crippen molar-refractivity contribution >= 4 is 15.9 Å². The van der Waals surface area contributed by atoms with Gasteiger partial charge in [-0.05, 0) is 34.1 Å². The third kappa shape index (κ3) is 3.86. The van der Waals surface area contributed by atoms with Crippen LogP contribution in [0.1, 0.15) is 5.56 Å². The lowest BCUT2D eigenvalue weighted by Gasteiger charge is -2.17. The Kier molecular flexibility index (Phi) is 4.79. The fourth-order valence-corrected chi connectivity index (χ4v) is 1.42. The van der Waals surface area contributed by atoms with Crippen molar-refractivity contribution in [2.45, 2.75) is 12.3 Å². The molecule has 0 unspecified atom stereocenters. The van der Waals surface area contributed by atoms with Gasteiger partial charge in [-0.3, -0.25) is 0 Å². The lowest BCUT2D eigenvalue weighted by Crippen LogP contribution is -2.25. The van der Waals surface area contributed by atoms with Gasteiger partial charge in [0, 0.05) is 0 Å². The summed E-state index contributed by atoms with van der Waals surface area (Å²) >= 11 is 3.03. The SMILES string of the molecule is OCC(CO)Oc1cc(C(F)(F)F)ccc1Br. The van der Waals surface area contributed by atoms with Crippen LogP contribution in [0.4, 0.5) is 13.2 Å². The highest BCUT2D eigenvalue weighted by atomic mass is 79.9. The van der Waals surface area contributed by atoms with Crippen LogP contribution in [0.2, 0.25) is 0 Å². The summed E-state index contributed by atoms with van der Waals surface area (Å²) in [5.74, 6) is -0.0760. The van der Waals surface area contributed by atoms with E-state index in [-0.39, 0.29) is 5.75 Å². The summed E-state index contributed by atoms with van der Waals surface area (Å²) in [6.45, 7) is -0.974. The first-order valence-electron chi connectivity index (χ1n) is 4.63. The Morgan fingerprint density at radius 1 is 1.24 bits per heavy atom. The summed E-state index contributed by atoms with van der Waals surface area (Å²) in [6.07, 6.45) is -5.41. The molecule has 7 heteroatoms. The van der Waals surface area contributed by atoms with Crippen molar-refractivity contribution in [3.05, 3.63) is 28.2 Å². The molecule has 1 rings (SSSR count). The highest BCUT2D eigenvalue weighted by Crippen LogP contribution is 2.35. The predicted molar refractivity (Wildman–Crippen MR) is 57.7 cm³/mol. The van der Waals surface area contributed by atoms with Gasteiger partial charge in [-0.15, -0.1) is 0 Å². The zero-order valence-corrected chi connectivity index (χ0v) is 10.1. The molecule has 96 valence electrons. The molecule has 0 atom stereocenters. The first-order chi connectivity index (χ1) is 7.88. The quantitative estimate of drug-likeness (QED) is 0.895. The molecule has 2 N–H and O–H groups in total. The number of aliphatic hydroxyl groups excluding tert-OH is 2. The smallest absolute Gasteiger partial charge is 0.416 e. The van der Waals surface area contributed by atoms with Crippen molar-refractivity contribution in [2.24, 2.45) is 0 Å². The summed E-state index contributed by atoms with van der Waals surface area (Å²) in [5, 5.41) is 17.6. The number of halogens is 4. The monoisotopic (exact) mass is 314 g/mol. The maximum absolute atomic E-state index is 12.4. The Morgan fingerprint density at radius 2 is 1.82 bits per heavy atom. The fourth-order valence-electron chi connectivity index (χ4n) is 1.08. The molecule has 0 aliphatic carbocycles. The van der Waals surface area contributed by atoms with E-state index in [0.29, 0.717) is 4.47 Å². The van der Waals surface area contributed by atoms with Crippen LogP contribution in [0, 0.1) is 0 Å². The van der Waals surface area contributed by atoms with Crippen LogP contribution in [0.25, 0.3) is 0 Å². The average Bonchev–Trinajstić information content (AvgIpc) is 2.26. The van der Waals surface area contributed by atoms with Crippen LogP contribution in [-0.2, 0) is 6.18 Å². The zero-order valence-electron chi connectivity index (χ0n) is 8.54. The van der Waals surface area contributed by atoms with Gasteiger partial charge in [0.1, 0.15) is 11.9 Å². The Labute approximate surface area is 104 Å². The van der Waals surface area contributed by atoms with E-state index in [2.05, 4.69) is 15.9 Å². The summed E-state index contributed by atoms with van der Waals surface area (Å²) < 4.78 is 42.6. The molecular formula is C10H10BrF3O3. The number of rotatable bonds is 4. The molecular weight excluding hydrogens is 305 g/mol. The second-order valence-corrected chi connectivity index (χ2v) is 4.10. The zero-order chi connectivity index (χ0) is 13.1. The summed E-state index contributed by atoms with van der Waals surface area (Å²) in [7, 11) is 0. The van der Waals surface area contributed by atoms with Gasteiger partial charge in [0.05, 0.1) is 23.2 Å². The van der Waals surface area contributed by atoms with Gasteiger partial charge < -0.3 is 14.9 Å². The van der Waals surface area contributed by atoms with Crippen molar-refractivity contribution in [2.75, 3.05) is 13.2 Å². The standard InChI is InChI=1S/C10H10BrF3O3/c11-8-2-1-6(10(12,13)14)3-9(8)17-7(4-15)5-16/h1-3,7,15-16H,4-5H2. The van der Waals surface area contributed by atoms with Crippen molar-refractivity contribution in [1.29, 1.82) is 0 Å². The van der Waals surface area contributed by atoms with Crippen LogP contribution in [0.15, 0.2) is 22.7 Å². The Hall–Kier alpha value is -0.790. The second-order valence-electron chi connectivity index (χ2n) is 3.25. The first-order valence-corrected chi connectivity index (χ1v) is 5.43. The molecule has 1 aromatic rings. The van der Waals surface area contributed by atoms with Gasteiger partial charge in [0.25, 0.3) is 0 Å². The third-order valence-electron chi connectivity index (χ3n) is 1.96. The van der Waals surface area contributed by atoms with E-state index in [1.54, 1.807) is 0 Å². The third-order valence-corrected chi connectivity index (χ3v) is 2.61. The number of hydrogen-bond donors (Lipinski definition) is 2. The van der Waals surface area contributed by atoms with Gasteiger partial charge in [0.2, 0.25) is 0 Å². The topological polar surface area (TPSA) is 49.7 Å². The number of benzene rings is 1. The van der Waals surface area contributed by atoms with Crippen LogP contribution in [-0.4, -0.2) is 29.5 Å². The highest BCUT2D eigenvalue weighted by molar-refractivity contribution is 9.10. The molecule has 0 saturated heterocycles. The van der Waals surface area contributed by atoms with Gasteiger partial charge in [-0.25, -0.2) is 0 Å². The second kappa shape index (κ2) is 5.70. The van der Waals surface area contributed by atoms with E-state index in [1.165, 1.54) is 6.07 Å². The van der Waals surface area contributed by atoms with Crippen molar-refractivity contribution in [3.8, 4) is 5.75 Å². The minimum Gasteiger partial charge on any atom is -0.484 e. The van der Waals surface area contributed by atoms with Crippen LogP contribution >= 0.6 is 15.9 Å². The summed E-state index contributed by atoms with van der Waals surface area (Å²) in [5.41, 5.74) is -0.856. The van der Waals surface area contributed by atoms with E-state index in [0.717, 1.165) is 12.1 Å². The number of aliphatic hydroxyl groups is 2. The molecule has 0 radical (unpaired) electrons. The van der Waals surface area contributed by atoms with E-state index in [1.807, 2.05) is 0 Å². The largest absolute Gasteiger partial charge is 0.484 e. The average molecular weight is 315 g/mol. The fraction of sp³-hybridized carbons (Fsp3) is 0.400. The minimum atomic E-state index is -4.47. The maximum atomic E-state index is 12.4. The molecule has 0 bridgehead atoms. The van der Waals surface area contributed by atoms with E-state index in [9.17, 15) is 13.2 Å². The first kappa shape index (κ1) is 14.3. The predicted octanol–water partition coefficient (Wildman–Crippen LogP) is 2.20. The minimum absolute atomic E-state index is 0.0760. The lowest BCUT2D eigenvalue weighted by molar-refractivity contribution is -0.137. The van der Waals surface area contributed by atoms with Crippen molar-refractivity contribution in [1.82, 2.24) is 0 Å². The van der Waals surface area contributed by atoms with Gasteiger partial charge in [-0.1, -0.05) is 0 Å². The molecule has 0 aliphatic heterocycles. The summed E-state index contributed by atoms with van der Waals surface area (Å²) in [4.78, 5) is 0. The van der Waals surface area contributed by atoms with Gasteiger partial charge in [0.15, 0.2) is 0 Å². The highest BCUT2D eigenvalue weighted by Gasteiger charge is 2.31. The molecule has 1 aromatic carbocycles. The van der Waals surface area contributed by atoms with E-state index in [4.69, 9.17) is 14.9 Å². The molecule has 0 heterocycles. The van der Waals surface area contributed by atoms with Crippen LogP contribution in [0.5, 0.6) is 5.75 Å². The molecule has 0 aliphatic rings. The van der Waals surface area contributed by atoms with Crippen LogP contribution < -0.4 is 4.74 Å². The molecule has 0 fully saturated rings. The number of hydrogen-bond acceptors (Lipinski definition) is 3. The summed E-state index contributed by atoms with van der Waals surface area (Å²) in [6, 6.07) is 2.91. The van der Waals surface area contributed by atoms with E-state index >= 15 is 0 Å². The Balaban J connectivity index is 2.98. The van der Waals surface area contributed by atoms with Gasteiger partial charge in [-0.2, -0.15) is 13.2 Å². The van der Waals surface area contributed by atoms with Crippen LogP contribution in [0.3, 0.4) is 0 Å². The molecule has 17 heavy (non-hydrogen) atoms. The molecule has 0 spiro atoms. The Morgan fingerprint density at radius 3 is 2.29 bits per heavy atom. The number of ether oxygens (including phenoxy) is 1. The molecule has 3 nitrogen and oxygen atoms in total. The molecule has 0 saturated carbocycles. The maximum Gasteiger partial charge on any atom is 0.416 e. The molecule has 0 amide bonds. The lowest BCUT2D eigenvalue weighted by atomic mass is 10.2.